The van der Waals surface area contributed by atoms with E-state index < -0.39 is 0 Å². The van der Waals surface area contributed by atoms with Crippen LogP contribution in [0.3, 0.4) is 0 Å². The van der Waals surface area contributed by atoms with Gasteiger partial charge in [0.1, 0.15) is 0 Å². The molecule has 0 radical (unpaired) electrons. The molecule has 1 N–H and O–H groups in total. The first-order valence-electron chi connectivity index (χ1n) is 5.46. The molecule has 0 bridgehead atoms. The van der Waals surface area contributed by atoms with Crippen molar-refractivity contribution in [2.24, 2.45) is 4.99 Å². The maximum absolute atomic E-state index is 10.6. The molecule has 1 atom stereocenters. The van der Waals surface area contributed by atoms with Gasteiger partial charge in [0.05, 0.1) is 11.1 Å². The van der Waals surface area contributed by atoms with Crippen LogP contribution in [0.4, 0.5) is 0 Å². The summed E-state index contributed by atoms with van der Waals surface area (Å²) in [5.74, 6) is 0.929. The van der Waals surface area contributed by atoms with Gasteiger partial charge >= 0.3 is 0 Å². The second-order valence-electron chi connectivity index (χ2n) is 3.22. The number of allylic oxidation sites excluding steroid dienone is 3. The fraction of sp³-hybridized carbons (Fsp3) is 0.385. The molecule has 3 nitrogen and oxygen atoms in total. The summed E-state index contributed by atoms with van der Waals surface area (Å²) < 4.78 is 0. The van der Waals surface area contributed by atoms with Crippen molar-refractivity contribution in [2.45, 2.75) is 19.4 Å². The zero-order valence-electron chi connectivity index (χ0n) is 10.5. The molecule has 1 amide bonds. The number of hydrogen-bond donors (Lipinski definition) is 1. The van der Waals surface area contributed by atoms with Crippen LogP contribution in [0.2, 0.25) is 0 Å². The Hall–Kier alpha value is -1.29. The Kier molecular flexibility index (Phi) is 9.15. The zero-order valence-corrected chi connectivity index (χ0v) is 11.3. The molecule has 0 saturated carbocycles. The number of hydrogen-bond acceptors (Lipinski definition) is 3. The van der Waals surface area contributed by atoms with Crippen molar-refractivity contribution in [3.8, 4) is 0 Å². The first-order chi connectivity index (χ1) is 8.23. The first kappa shape index (κ1) is 15.7. The lowest BCUT2D eigenvalue weighted by Gasteiger charge is -2.18. The molecule has 0 fully saturated rings. The third kappa shape index (κ3) is 6.12. The van der Waals surface area contributed by atoms with Crippen molar-refractivity contribution >= 4 is 23.2 Å². The monoisotopic (exact) mass is 252 g/mol. The molecule has 0 aliphatic carbocycles. The SMILES string of the molecule is C=C/C=C(\C=C)CC(NC=O)C(=NC)SCC. The third-order valence-electron chi connectivity index (χ3n) is 2.11. The van der Waals surface area contributed by atoms with Crippen LogP contribution in [0.15, 0.2) is 42.0 Å². The van der Waals surface area contributed by atoms with Crippen molar-refractivity contribution in [1.29, 1.82) is 0 Å². The number of amides is 1. The van der Waals surface area contributed by atoms with Crippen LogP contribution in [0.5, 0.6) is 0 Å². The lowest BCUT2D eigenvalue weighted by atomic mass is 10.1. The summed E-state index contributed by atoms with van der Waals surface area (Å²) in [6, 6.07) is -0.0911. The van der Waals surface area contributed by atoms with Crippen LogP contribution in [-0.2, 0) is 4.79 Å². The van der Waals surface area contributed by atoms with E-state index in [0.717, 1.165) is 16.4 Å². The first-order valence-corrected chi connectivity index (χ1v) is 6.45. The molecule has 1 unspecified atom stereocenters. The van der Waals surface area contributed by atoms with E-state index in [4.69, 9.17) is 0 Å². The summed E-state index contributed by atoms with van der Waals surface area (Å²) in [6.07, 6.45) is 6.75. The van der Waals surface area contributed by atoms with Crippen LogP contribution in [0.25, 0.3) is 0 Å². The Bertz CT molecular complexity index is 321. The number of aliphatic imine (C=N–C) groups is 1. The Balaban J connectivity index is 4.83. The van der Waals surface area contributed by atoms with Crippen molar-refractivity contribution in [2.75, 3.05) is 12.8 Å². The van der Waals surface area contributed by atoms with Crippen molar-refractivity contribution in [3.63, 3.8) is 0 Å². The van der Waals surface area contributed by atoms with Gasteiger partial charge in [-0.15, -0.1) is 11.8 Å². The number of carbonyl (C=O) groups is 1. The van der Waals surface area contributed by atoms with Crippen molar-refractivity contribution < 1.29 is 4.79 Å². The molecule has 0 saturated heterocycles. The van der Waals surface area contributed by atoms with E-state index in [1.807, 2.05) is 6.08 Å². The molecule has 0 spiro atoms. The molecule has 17 heavy (non-hydrogen) atoms. The minimum Gasteiger partial charge on any atom is -0.349 e. The van der Waals surface area contributed by atoms with E-state index in [2.05, 4.69) is 30.4 Å². The Morgan fingerprint density at radius 3 is 2.65 bits per heavy atom. The van der Waals surface area contributed by atoms with Crippen LogP contribution >= 0.6 is 11.8 Å². The summed E-state index contributed by atoms with van der Waals surface area (Å²) in [7, 11) is 1.74. The molecule has 0 aliphatic heterocycles. The van der Waals surface area contributed by atoms with Crippen LogP contribution in [0, 0.1) is 0 Å². The van der Waals surface area contributed by atoms with E-state index in [9.17, 15) is 4.79 Å². The molecular formula is C13H20N2OS. The predicted octanol–water partition coefficient (Wildman–Crippen LogP) is 2.57. The van der Waals surface area contributed by atoms with Crippen LogP contribution < -0.4 is 5.32 Å². The van der Waals surface area contributed by atoms with E-state index in [1.54, 1.807) is 31.0 Å². The Labute approximate surface area is 108 Å². The van der Waals surface area contributed by atoms with Gasteiger partial charge in [-0.1, -0.05) is 38.3 Å². The number of carbonyl (C=O) groups excluding carboxylic acids is 1. The molecule has 0 aliphatic rings. The lowest BCUT2D eigenvalue weighted by Crippen LogP contribution is -2.34. The minimum absolute atomic E-state index is 0.0911. The smallest absolute Gasteiger partial charge is 0.207 e. The summed E-state index contributed by atoms with van der Waals surface area (Å²) in [6.45, 7) is 9.46. The molecule has 0 rings (SSSR count). The summed E-state index contributed by atoms with van der Waals surface area (Å²) >= 11 is 1.64. The normalized spacial score (nSPS) is 14.0. The van der Waals surface area contributed by atoms with Crippen LogP contribution in [-0.4, -0.2) is 30.3 Å². The number of thioether (sulfide) groups is 1. The average Bonchev–Trinajstić information content (AvgIpc) is 2.34. The van der Waals surface area contributed by atoms with Crippen molar-refractivity contribution in [3.05, 3.63) is 37.0 Å². The van der Waals surface area contributed by atoms with Gasteiger partial charge in [0.2, 0.25) is 6.41 Å². The maximum Gasteiger partial charge on any atom is 0.207 e. The molecular weight excluding hydrogens is 232 g/mol. The number of nitrogens with one attached hydrogen (secondary N) is 1. The maximum atomic E-state index is 10.6. The van der Waals surface area contributed by atoms with Gasteiger partial charge in [0.25, 0.3) is 0 Å². The van der Waals surface area contributed by atoms with Gasteiger partial charge < -0.3 is 5.32 Å². The fourth-order valence-electron chi connectivity index (χ4n) is 1.38. The highest BCUT2D eigenvalue weighted by Crippen LogP contribution is 2.15. The van der Waals surface area contributed by atoms with E-state index >= 15 is 0 Å². The predicted molar refractivity (Wildman–Crippen MR) is 77.6 cm³/mol. The van der Waals surface area contributed by atoms with Gasteiger partial charge in [-0.2, -0.15) is 0 Å². The molecule has 0 aromatic heterocycles. The highest BCUT2D eigenvalue weighted by atomic mass is 32.2. The fourth-order valence-corrected chi connectivity index (χ4v) is 2.15. The molecule has 94 valence electrons. The highest BCUT2D eigenvalue weighted by molar-refractivity contribution is 8.14. The van der Waals surface area contributed by atoms with Crippen LogP contribution in [0.1, 0.15) is 13.3 Å². The van der Waals surface area contributed by atoms with Gasteiger partial charge in [-0.3, -0.25) is 9.79 Å². The van der Waals surface area contributed by atoms with Gasteiger partial charge in [-0.05, 0) is 17.7 Å². The molecule has 0 aromatic rings. The van der Waals surface area contributed by atoms with E-state index in [1.165, 1.54) is 0 Å². The Morgan fingerprint density at radius 1 is 1.53 bits per heavy atom. The van der Waals surface area contributed by atoms with E-state index in [0.29, 0.717) is 12.8 Å². The second-order valence-corrected chi connectivity index (χ2v) is 4.50. The number of rotatable bonds is 8. The Morgan fingerprint density at radius 2 is 2.24 bits per heavy atom. The summed E-state index contributed by atoms with van der Waals surface area (Å²) in [5, 5.41) is 3.71. The largest absolute Gasteiger partial charge is 0.349 e. The zero-order chi connectivity index (χ0) is 13.1. The topological polar surface area (TPSA) is 41.5 Å². The molecule has 0 heterocycles. The van der Waals surface area contributed by atoms with Gasteiger partial charge in [-0.25, -0.2) is 0 Å². The van der Waals surface area contributed by atoms with Crippen molar-refractivity contribution in [1.82, 2.24) is 5.32 Å². The quantitative estimate of drug-likeness (QED) is 0.312. The third-order valence-corrected chi connectivity index (χ3v) is 3.17. The van der Waals surface area contributed by atoms with Gasteiger partial charge in [0, 0.05) is 7.05 Å². The minimum atomic E-state index is -0.0911. The molecule has 0 aromatic carbocycles. The number of nitrogens with zero attached hydrogens (tertiary/aromatic N) is 1. The summed E-state index contributed by atoms with van der Waals surface area (Å²) in [4.78, 5) is 14.8. The van der Waals surface area contributed by atoms with E-state index in [-0.39, 0.29) is 6.04 Å². The average molecular weight is 252 g/mol. The summed E-state index contributed by atoms with van der Waals surface area (Å²) in [5.41, 5.74) is 1.03. The van der Waals surface area contributed by atoms with Gasteiger partial charge in [0.15, 0.2) is 0 Å². The standard InChI is InChI=1S/C13H20N2OS/c1-5-8-11(6-2)9-12(15-10-16)13(14-4)17-7-3/h5-6,8,10,12H,1-2,7,9H2,3-4H3,(H,15,16)/b11-8+,14-13?. The second kappa shape index (κ2) is 9.90. The molecule has 4 heteroatoms. The highest BCUT2D eigenvalue weighted by Gasteiger charge is 2.15. The lowest BCUT2D eigenvalue weighted by molar-refractivity contribution is -0.109.